The van der Waals surface area contributed by atoms with Gasteiger partial charge in [0.15, 0.2) is 0 Å². The standard InChI is InChI=1S/C12H18F3N3/c1-3-5-6-18(4-2)11-8-9(12(13,14)15)7-10(16)17-11/h7-8H,3-6H2,1-2H3,(H2,16,17). The highest BCUT2D eigenvalue weighted by atomic mass is 19.4. The van der Waals surface area contributed by atoms with Gasteiger partial charge in [-0.15, -0.1) is 0 Å². The molecule has 1 aromatic heterocycles. The fraction of sp³-hybridized carbons (Fsp3) is 0.583. The molecule has 0 aliphatic rings. The molecule has 1 heterocycles. The highest BCUT2D eigenvalue weighted by molar-refractivity contribution is 5.49. The summed E-state index contributed by atoms with van der Waals surface area (Å²) < 4.78 is 38.0. The average molecular weight is 261 g/mol. The van der Waals surface area contributed by atoms with Crippen molar-refractivity contribution in [2.45, 2.75) is 32.9 Å². The van der Waals surface area contributed by atoms with Crippen LogP contribution in [0.3, 0.4) is 0 Å². The van der Waals surface area contributed by atoms with Crippen LogP contribution in [0, 0.1) is 0 Å². The Kier molecular flexibility index (Phi) is 4.81. The molecule has 0 fully saturated rings. The van der Waals surface area contributed by atoms with Crippen LogP contribution in [-0.4, -0.2) is 18.1 Å². The normalized spacial score (nSPS) is 11.6. The van der Waals surface area contributed by atoms with Crippen molar-refractivity contribution >= 4 is 11.6 Å². The van der Waals surface area contributed by atoms with Crippen LogP contribution < -0.4 is 10.6 Å². The molecule has 0 aliphatic carbocycles. The Morgan fingerprint density at radius 2 is 1.94 bits per heavy atom. The Bertz CT molecular complexity index is 391. The van der Waals surface area contributed by atoms with Crippen LogP contribution in [0.25, 0.3) is 0 Å². The van der Waals surface area contributed by atoms with E-state index >= 15 is 0 Å². The molecule has 0 radical (unpaired) electrons. The zero-order valence-electron chi connectivity index (χ0n) is 10.6. The second-order valence-corrected chi connectivity index (χ2v) is 4.07. The number of unbranched alkanes of at least 4 members (excludes halogenated alkanes) is 1. The lowest BCUT2D eigenvalue weighted by Crippen LogP contribution is -2.25. The molecule has 0 atom stereocenters. The van der Waals surface area contributed by atoms with E-state index in [0.29, 0.717) is 18.9 Å². The summed E-state index contributed by atoms with van der Waals surface area (Å²) in [6.45, 7) is 5.20. The number of anilines is 2. The third kappa shape index (κ3) is 3.78. The van der Waals surface area contributed by atoms with Gasteiger partial charge < -0.3 is 10.6 Å². The minimum atomic E-state index is -4.39. The van der Waals surface area contributed by atoms with Crippen LogP contribution in [-0.2, 0) is 6.18 Å². The zero-order valence-corrected chi connectivity index (χ0v) is 10.6. The maximum atomic E-state index is 12.7. The van der Waals surface area contributed by atoms with Gasteiger partial charge in [-0.3, -0.25) is 0 Å². The van der Waals surface area contributed by atoms with Gasteiger partial charge >= 0.3 is 6.18 Å². The van der Waals surface area contributed by atoms with Gasteiger partial charge in [-0.05, 0) is 25.5 Å². The van der Waals surface area contributed by atoms with Crippen LogP contribution in [0.5, 0.6) is 0 Å². The number of rotatable bonds is 5. The Hall–Kier alpha value is -1.46. The summed E-state index contributed by atoms with van der Waals surface area (Å²) in [4.78, 5) is 5.78. The lowest BCUT2D eigenvalue weighted by molar-refractivity contribution is -0.137. The predicted octanol–water partition coefficient (Wildman–Crippen LogP) is 3.31. The number of pyridine rings is 1. The Morgan fingerprint density at radius 1 is 1.28 bits per heavy atom. The SMILES string of the molecule is CCCCN(CC)c1cc(C(F)(F)F)cc(N)n1. The van der Waals surface area contributed by atoms with Crippen molar-refractivity contribution in [2.24, 2.45) is 0 Å². The fourth-order valence-electron chi connectivity index (χ4n) is 1.65. The van der Waals surface area contributed by atoms with E-state index in [9.17, 15) is 13.2 Å². The quantitative estimate of drug-likeness (QED) is 0.884. The first-order valence-electron chi connectivity index (χ1n) is 5.98. The van der Waals surface area contributed by atoms with E-state index in [0.717, 1.165) is 25.0 Å². The lowest BCUT2D eigenvalue weighted by Gasteiger charge is -2.23. The number of alkyl halides is 3. The van der Waals surface area contributed by atoms with Gasteiger partial charge in [-0.2, -0.15) is 13.2 Å². The number of nitrogen functional groups attached to an aromatic ring is 1. The predicted molar refractivity (Wildman–Crippen MR) is 66.4 cm³/mol. The molecule has 0 spiro atoms. The zero-order chi connectivity index (χ0) is 13.8. The molecular weight excluding hydrogens is 243 g/mol. The molecule has 0 saturated carbocycles. The monoisotopic (exact) mass is 261 g/mol. The Balaban J connectivity index is 3.04. The van der Waals surface area contributed by atoms with Gasteiger partial charge in [0.1, 0.15) is 11.6 Å². The maximum Gasteiger partial charge on any atom is 0.416 e. The van der Waals surface area contributed by atoms with E-state index < -0.39 is 11.7 Å². The molecule has 1 aromatic rings. The topological polar surface area (TPSA) is 42.1 Å². The maximum absolute atomic E-state index is 12.7. The molecule has 0 bridgehead atoms. The van der Waals surface area contributed by atoms with Gasteiger partial charge in [-0.1, -0.05) is 13.3 Å². The Morgan fingerprint density at radius 3 is 2.44 bits per heavy atom. The van der Waals surface area contributed by atoms with Crippen molar-refractivity contribution in [1.29, 1.82) is 0 Å². The third-order valence-electron chi connectivity index (χ3n) is 2.65. The van der Waals surface area contributed by atoms with E-state index in [2.05, 4.69) is 4.98 Å². The van der Waals surface area contributed by atoms with E-state index in [1.807, 2.05) is 13.8 Å². The molecule has 2 N–H and O–H groups in total. The van der Waals surface area contributed by atoms with Crippen LogP contribution in [0.4, 0.5) is 24.8 Å². The summed E-state index contributed by atoms with van der Waals surface area (Å²) in [5.41, 5.74) is 4.69. The molecule has 0 aromatic carbocycles. The minimum absolute atomic E-state index is 0.102. The summed E-state index contributed by atoms with van der Waals surface area (Å²) in [6.07, 6.45) is -2.51. The van der Waals surface area contributed by atoms with E-state index in [-0.39, 0.29) is 5.82 Å². The van der Waals surface area contributed by atoms with Crippen LogP contribution in [0.2, 0.25) is 0 Å². The number of nitrogens with two attached hydrogens (primary N) is 1. The summed E-state index contributed by atoms with van der Waals surface area (Å²) in [5.74, 6) is 0.188. The summed E-state index contributed by atoms with van der Waals surface area (Å²) in [7, 11) is 0. The largest absolute Gasteiger partial charge is 0.416 e. The molecule has 102 valence electrons. The first-order valence-corrected chi connectivity index (χ1v) is 5.98. The third-order valence-corrected chi connectivity index (χ3v) is 2.65. The van der Waals surface area contributed by atoms with Crippen LogP contribution in [0.15, 0.2) is 12.1 Å². The van der Waals surface area contributed by atoms with Crippen LogP contribution in [0.1, 0.15) is 32.3 Å². The molecule has 0 saturated heterocycles. The first-order chi connectivity index (χ1) is 8.38. The van der Waals surface area contributed by atoms with Crippen molar-refractivity contribution in [3.8, 4) is 0 Å². The molecule has 3 nitrogen and oxygen atoms in total. The van der Waals surface area contributed by atoms with Gasteiger partial charge in [0.05, 0.1) is 5.56 Å². The van der Waals surface area contributed by atoms with E-state index in [1.54, 1.807) is 4.90 Å². The highest BCUT2D eigenvalue weighted by Gasteiger charge is 2.31. The van der Waals surface area contributed by atoms with Crippen molar-refractivity contribution < 1.29 is 13.2 Å². The average Bonchev–Trinajstić information content (AvgIpc) is 2.28. The molecule has 0 aliphatic heterocycles. The summed E-state index contributed by atoms with van der Waals surface area (Å²) in [6, 6.07) is 1.91. The summed E-state index contributed by atoms with van der Waals surface area (Å²) in [5, 5.41) is 0. The summed E-state index contributed by atoms with van der Waals surface area (Å²) >= 11 is 0. The molecule has 0 amide bonds. The van der Waals surface area contributed by atoms with Crippen molar-refractivity contribution in [1.82, 2.24) is 4.98 Å². The van der Waals surface area contributed by atoms with E-state index in [1.165, 1.54) is 0 Å². The van der Waals surface area contributed by atoms with Gasteiger partial charge in [0.2, 0.25) is 0 Å². The second kappa shape index (κ2) is 5.93. The number of halogens is 3. The highest BCUT2D eigenvalue weighted by Crippen LogP contribution is 2.32. The van der Waals surface area contributed by atoms with Crippen LogP contribution >= 0.6 is 0 Å². The number of hydrogen-bond acceptors (Lipinski definition) is 3. The van der Waals surface area contributed by atoms with Gasteiger partial charge in [-0.25, -0.2) is 4.98 Å². The second-order valence-electron chi connectivity index (χ2n) is 4.07. The van der Waals surface area contributed by atoms with E-state index in [4.69, 9.17) is 5.73 Å². The van der Waals surface area contributed by atoms with Crippen molar-refractivity contribution in [3.05, 3.63) is 17.7 Å². The Labute approximate surface area is 105 Å². The molecule has 18 heavy (non-hydrogen) atoms. The van der Waals surface area contributed by atoms with Crippen molar-refractivity contribution in [3.63, 3.8) is 0 Å². The van der Waals surface area contributed by atoms with Gasteiger partial charge in [0.25, 0.3) is 0 Å². The fourth-order valence-corrected chi connectivity index (χ4v) is 1.65. The van der Waals surface area contributed by atoms with Crippen molar-refractivity contribution in [2.75, 3.05) is 23.7 Å². The number of hydrogen-bond donors (Lipinski definition) is 1. The first kappa shape index (κ1) is 14.6. The molecular formula is C12H18F3N3. The smallest absolute Gasteiger partial charge is 0.384 e. The minimum Gasteiger partial charge on any atom is -0.384 e. The molecule has 6 heteroatoms. The lowest BCUT2D eigenvalue weighted by atomic mass is 10.2. The number of nitrogens with zero attached hydrogens (tertiary/aromatic N) is 2. The van der Waals surface area contributed by atoms with Gasteiger partial charge in [0, 0.05) is 13.1 Å². The molecule has 1 rings (SSSR count). The number of aromatic nitrogens is 1. The molecule has 0 unspecified atom stereocenters.